The first-order valence-electron chi connectivity index (χ1n) is 8.16. The minimum atomic E-state index is -0.801. The lowest BCUT2D eigenvalue weighted by molar-refractivity contribution is -0.115. The maximum atomic E-state index is 12.4. The summed E-state index contributed by atoms with van der Waals surface area (Å²) in [5.41, 5.74) is 4.41. The van der Waals surface area contributed by atoms with Gasteiger partial charge in [-0.25, -0.2) is 9.47 Å². The van der Waals surface area contributed by atoms with E-state index in [0.717, 1.165) is 0 Å². The van der Waals surface area contributed by atoms with Crippen molar-refractivity contribution in [3.63, 3.8) is 0 Å². The van der Waals surface area contributed by atoms with Crippen molar-refractivity contribution in [1.82, 2.24) is 14.9 Å². The van der Waals surface area contributed by atoms with Gasteiger partial charge in [0.2, 0.25) is 5.91 Å². The van der Waals surface area contributed by atoms with Gasteiger partial charge in [0.05, 0.1) is 17.7 Å². The maximum Gasteiger partial charge on any atom is 0.519 e. The van der Waals surface area contributed by atoms with E-state index in [0.29, 0.717) is 16.8 Å². The molecule has 0 saturated heterocycles. The minimum Gasteiger partial charge on any atom is -0.391 e. The standard InChI is InChI=1S/C18H13N5O5/c24-16(8-11-5-6-14-15(7-11)28-18(26)27-14)21-13-4-2-1-3-12(13)17(25)22-23-9-19-20-10-23/h1-7,9-10H,8H2,(H,21,24)(H,22,25). The number of fused-ring (bicyclic) bond motifs is 1. The van der Waals surface area contributed by atoms with Crippen LogP contribution in [0.4, 0.5) is 5.69 Å². The number of para-hydroxylation sites is 1. The summed E-state index contributed by atoms with van der Waals surface area (Å²) in [6.07, 6.45) is 2.69. The highest BCUT2D eigenvalue weighted by Gasteiger charge is 2.14. The summed E-state index contributed by atoms with van der Waals surface area (Å²) in [6, 6.07) is 11.4. The van der Waals surface area contributed by atoms with Crippen LogP contribution in [-0.4, -0.2) is 26.7 Å². The predicted octanol–water partition coefficient (Wildman–Crippen LogP) is 1.54. The summed E-state index contributed by atoms with van der Waals surface area (Å²) in [7, 11) is 0. The fraction of sp³-hybridized carbons (Fsp3) is 0.0556. The maximum absolute atomic E-state index is 12.4. The summed E-state index contributed by atoms with van der Waals surface area (Å²) < 4.78 is 11.0. The molecule has 4 aromatic rings. The Labute approximate surface area is 156 Å². The van der Waals surface area contributed by atoms with E-state index in [-0.39, 0.29) is 23.5 Å². The zero-order valence-electron chi connectivity index (χ0n) is 14.3. The molecule has 10 heteroatoms. The van der Waals surface area contributed by atoms with E-state index in [2.05, 4.69) is 20.9 Å². The van der Waals surface area contributed by atoms with Gasteiger partial charge in [-0.1, -0.05) is 18.2 Å². The summed E-state index contributed by atoms with van der Waals surface area (Å²) in [5, 5.41) is 9.93. The summed E-state index contributed by atoms with van der Waals surface area (Å²) in [4.78, 5) is 36.0. The zero-order chi connectivity index (χ0) is 19.5. The lowest BCUT2D eigenvalue weighted by Gasteiger charge is -2.11. The SMILES string of the molecule is O=C(Cc1ccc2oc(=O)oc2c1)Nc1ccccc1C(=O)Nn1cnnc1. The molecule has 2 N–H and O–H groups in total. The molecule has 0 unspecified atom stereocenters. The molecule has 2 aromatic carbocycles. The lowest BCUT2D eigenvalue weighted by Crippen LogP contribution is -2.24. The third-order valence-electron chi connectivity index (χ3n) is 3.85. The van der Waals surface area contributed by atoms with E-state index >= 15 is 0 Å². The molecule has 0 aliphatic carbocycles. The van der Waals surface area contributed by atoms with E-state index in [1.807, 2.05) is 0 Å². The number of anilines is 1. The number of carbonyl (C=O) groups is 2. The van der Waals surface area contributed by atoms with Crippen molar-refractivity contribution in [3.05, 3.63) is 76.9 Å². The van der Waals surface area contributed by atoms with Gasteiger partial charge in [-0.05, 0) is 29.8 Å². The van der Waals surface area contributed by atoms with Crippen molar-refractivity contribution in [2.45, 2.75) is 6.42 Å². The molecular formula is C18H13N5O5. The van der Waals surface area contributed by atoms with E-state index in [1.165, 1.54) is 17.3 Å². The molecule has 0 aliphatic rings. The molecule has 0 atom stereocenters. The molecule has 140 valence electrons. The molecule has 0 spiro atoms. The number of hydrogen-bond acceptors (Lipinski definition) is 7. The number of rotatable bonds is 5. The lowest BCUT2D eigenvalue weighted by atomic mass is 10.1. The smallest absolute Gasteiger partial charge is 0.391 e. The van der Waals surface area contributed by atoms with Crippen LogP contribution in [-0.2, 0) is 11.2 Å². The van der Waals surface area contributed by atoms with Crippen molar-refractivity contribution in [1.29, 1.82) is 0 Å². The molecule has 0 aliphatic heterocycles. The van der Waals surface area contributed by atoms with E-state index in [1.54, 1.807) is 42.5 Å². The Hall–Kier alpha value is -4.21. The van der Waals surface area contributed by atoms with Crippen LogP contribution in [0.25, 0.3) is 11.2 Å². The number of nitrogens with zero attached hydrogens (tertiary/aromatic N) is 3. The van der Waals surface area contributed by atoms with Crippen LogP contribution in [0.15, 0.2) is 68.7 Å². The monoisotopic (exact) mass is 379 g/mol. The number of nitrogens with one attached hydrogen (secondary N) is 2. The van der Waals surface area contributed by atoms with Crippen molar-refractivity contribution in [3.8, 4) is 0 Å². The minimum absolute atomic E-state index is 0.0201. The van der Waals surface area contributed by atoms with Crippen LogP contribution in [0.1, 0.15) is 15.9 Å². The van der Waals surface area contributed by atoms with Gasteiger partial charge in [0.1, 0.15) is 12.7 Å². The Bertz CT molecular complexity index is 1210. The second-order valence-electron chi connectivity index (χ2n) is 5.82. The Morgan fingerprint density at radius 2 is 1.75 bits per heavy atom. The molecule has 0 saturated carbocycles. The Morgan fingerprint density at radius 1 is 1.00 bits per heavy atom. The quantitative estimate of drug-likeness (QED) is 0.537. The largest absolute Gasteiger partial charge is 0.519 e. The van der Waals surface area contributed by atoms with E-state index in [9.17, 15) is 14.4 Å². The highest BCUT2D eigenvalue weighted by molar-refractivity contribution is 6.07. The average molecular weight is 379 g/mol. The topological polar surface area (TPSA) is 132 Å². The van der Waals surface area contributed by atoms with E-state index in [4.69, 9.17) is 8.83 Å². The van der Waals surface area contributed by atoms with Gasteiger partial charge in [-0.15, -0.1) is 10.2 Å². The Kier molecular flexibility index (Phi) is 4.42. The molecule has 0 radical (unpaired) electrons. The second kappa shape index (κ2) is 7.19. The van der Waals surface area contributed by atoms with Crippen molar-refractivity contribution < 1.29 is 18.4 Å². The number of aromatic nitrogens is 3. The van der Waals surface area contributed by atoms with Crippen LogP contribution in [0, 0.1) is 0 Å². The Morgan fingerprint density at radius 3 is 2.57 bits per heavy atom. The summed E-state index contributed by atoms with van der Waals surface area (Å²) in [5.74, 6) is -1.57. The first-order valence-corrected chi connectivity index (χ1v) is 8.16. The molecule has 28 heavy (non-hydrogen) atoms. The molecule has 10 nitrogen and oxygen atoms in total. The fourth-order valence-corrected chi connectivity index (χ4v) is 2.63. The zero-order valence-corrected chi connectivity index (χ0v) is 14.3. The Balaban J connectivity index is 1.49. The summed E-state index contributed by atoms with van der Waals surface area (Å²) in [6.45, 7) is 0. The number of benzene rings is 2. The third kappa shape index (κ3) is 3.65. The van der Waals surface area contributed by atoms with Crippen LogP contribution in [0.5, 0.6) is 0 Å². The first-order chi connectivity index (χ1) is 13.6. The molecule has 0 fully saturated rings. The highest BCUT2D eigenvalue weighted by atomic mass is 16.6. The van der Waals surface area contributed by atoms with Crippen molar-refractivity contribution in [2.24, 2.45) is 0 Å². The van der Waals surface area contributed by atoms with Gasteiger partial charge in [0.25, 0.3) is 5.91 Å². The first kappa shape index (κ1) is 17.2. The fourth-order valence-electron chi connectivity index (χ4n) is 2.63. The molecule has 2 heterocycles. The van der Waals surface area contributed by atoms with Gasteiger partial charge < -0.3 is 14.2 Å². The molecule has 4 rings (SSSR count). The summed E-state index contributed by atoms with van der Waals surface area (Å²) >= 11 is 0. The van der Waals surface area contributed by atoms with Gasteiger partial charge >= 0.3 is 5.82 Å². The molecular weight excluding hydrogens is 366 g/mol. The van der Waals surface area contributed by atoms with Crippen molar-refractivity contribution in [2.75, 3.05) is 10.7 Å². The van der Waals surface area contributed by atoms with E-state index < -0.39 is 11.7 Å². The van der Waals surface area contributed by atoms with Crippen LogP contribution in [0.3, 0.4) is 0 Å². The number of amides is 2. The third-order valence-corrected chi connectivity index (χ3v) is 3.85. The number of carbonyl (C=O) groups excluding carboxylic acids is 2. The highest BCUT2D eigenvalue weighted by Crippen LogP contribution is 2.18. The molecule has 0 bridgehead atoms. The number of hydrogen-bond donors (Lipinski definition) is 2. The predicted molar refractivity (Wildman–Crippen MR) is 97.2 cm³/mol. The second-order valence-corrected chi connectivity index (χ2v) is 5.82. The van der Waals surface area contributed by atoms with Gasteiger partial charge in [0.15, 0.2) is 11.2 Å². The van der Waals surface area contributed by atoms with Crippen molar-refractivity contribution >= 4 is 28.7 Å². The van der Waals surface area contributed by atoms with Gasteiger partial charge in [-0.2, -0.15) is 0 Å². The molecule has 2 aromatic heterocycles. The van der Waals surface area contributed by atoms with Crippen LogP contribution in [0.2, 0.25) is 0 Å². The molecule has 2 amide bonds. The van der Waals surface area contributed by atoms with Crippen LogP contribution < -0.4 is 16.6 Å². The van der Waals surface area contributed by atoms with Gasteiger partial charge in [-0.3, -0.25) is 15.0 Å². The van der Waals surface area contributed by atoms with Gasteiger partial charge in [0, 0.05) is 0 Å². The average Bonchev–Trinajstić information content (AvgIpc) is 3.30. The normalized spacial score (nSPS) is 10.7. The van der Waals surface area contributed by atoms with Crippen LogP contribution >= 0.6 is 0 Å².